The molecule has 1 N–H and O–H groups in total. The summed E-state index contributed by atoms with van der Waals surface area (Å²) in [7, 11) is 0. The van der Waals surface area contributed by atoms with Crippen LogP contribution in [-0.4, -0.2) is 45.8 Å². The van der Waals surface area contributed by atoms with Crippen LogP contribution in [0.25, 0.3) is 5.69 Å². The molecule has 0 aliphatic carbocycles. The van der Waals surface area contributed by atoms with E-state index in [1.54, 1.807) is 0 Å². The average Bonchev–Trinajstić information content (AvgIpc) is 2.63. The quantitative estimate of drug-likeness (QED) is 0.849. The van der Waals surface area contributed by atoms with Crippen molar-refractivity contribution in [2.24, 2.45) is 0 Å². The molecule has 1 aromatic heterocycles. The van der Waals surface area contributed by atoms with Crippen LogP contribution in [0, 0.1) is 6.92 Å². The van der Waals surface area contributed by atoms with E-state index in [0.29, 0.717) is 13.1 Å². The number of amides is 1. The van der Waals surface area contributed by atoms with Crippen LogP contribution in [-0.2, 0) is 6.18 Å². The zero-order chi connectivity index (χ0) is 20.6. The van der Waals surface area contributed by atoms with E-state index >= 15 is 0 Å². The summed E-state index contributed by atoms with van der Waals surface area (Å²) >= 11 is 0. The van der Waals surface area contributed by atoms with E-state index in [4.69, 9.17) is 0 Å². The molecule has 0 bridgehead atoms. The lowest BCUT2D eigenvalue weighted by Gasteiger charge is -2.38. The standard InChI is InChI=1S/C19H21F3N4O2/c1-11-10-16(27)17(18(28)25-9-8-23-12(2)13(25)3)24-26(11)15-7-5-4-6-14(15)19(20,21)22/h4-7,10,12-13,23H,8-9H2,1-3H3. The third-order valence-electron chi connectivity index (χ3n) is 5.04. The number of nitrogens with one attached hydrogen (secondary N) is 1. The summed E-state index contributed by atoms with van der Waals surface area (Å²) in [5, 5.41) is 7.27. The molecule has 28 heavy (non-hydrogen) atoms. The zero-order valence-electron chi connectivity index (χ0n) is 15.7. The number of hydrogen-bond acceptors (Lipinski definition) is 4. The van der Waals surface area contributed by atoms with Gasteiger partial charge in [0.25, 0.3) is 5.91 Å². The smallest absolute Gasteiger partial charge is 0.332 e. The molecule has 2 aromatic rings. The fraction of sp³-hybridized carbons (Fsp3) is 0.421. The summed E-state index contributed by atoms with van der Waals surface area (Å²) in [6, 6.07) is 5.92. The molecule has 1 aliphatic heterocycles. The van der Waals surface area contributed by atoms with Crippen LogP contribution in [0.1, 0.15) is 35.6 Å². The van der Waals surface area contributed by atoms with Crippen LogP contribution in [0.3, 0.4) is 0 Å². The molecule has 1 saturated heterocycles. The maximum atomic E-state index is 13.4. The number of halogens is 3. The van der Waals surface area contributed by atoms with Crippen molar-refractivity contribution in [3.8, 4) is 5.69 Å². The average molecular weight is 394 g/mol. The van der Waals surface area contributed by atoms with Crippen molar-refractivity contribution in [2.75, 3.05) is 13.1 Å². The number of alkyl halides is 3. The first-order chi connectivity index (χ1) is 13.1. The van der Waals surface area contributed by atoms with Gasteiger partial charge in [0.05, 0.1) is 11.3 Å². The van der Waals surface area contributed by atoms with Gasteiger partial charge in [0, 0.05) is 36.9 Å². The van der Waals surface area contributed by atoms with Crippen molar-refractivity contribution in [3.63, 3.8) is 0 Å². The third-order valence-corrected chi connectivity index (χ3v) is 5.04. The maximum Gasteiger partial charge on any atom is 0.418 e. The van der Waals surface area contributed by atoms with E-state index < -0.39 is 23.1 Å². The lowest BCUT2D eigenvalue weighted by Crippen LogP contribution is -2.57. The normalized spacial score (nSPS) is 20.3. The number of benzene rings is 1. The predicted octanol–water partition coefficient (Wildman–Crippen LogP) is 2.38. The van der Waals surface area contributed by atoms with Crippen molar-refractivity contribution in [1.82, 2.24) is 20.0 Å². The lowest BCUT2D eigenvalue weighted by atomic mass is 10.1. The Balaban J connectivity index is 2.11. The summed E-state index contributed by atoms with van der Waals surface area (Å²) < 4.78 is 41.2. The first kappa shape index (κ1) is 20.1. The van der Waals surface area contributed by atoms with Gasteiger partial charge in [-0.2, -0.15) is 18.3 Å². The monoisotopic (exact) mass is 394 g/mol. The number of hydrogen-bond donors (Lipinski definition) is 1. The maximum absolute atomic E-state index is 13.4. The fourth-order valence-corrected chi connectivity index (χ4v) is 3.32. The van der Waals surface area contributed by atoms with E-state index in [1.807, 2.05) is 13.8 Å². The molecule has 0 spiro atoms. The number of para-hydroxylation sites is 1. The highest BCUT2D eigenvalue weighted by molar-refractivity contribution is 5.92. The number of carbonyl (C=O) groups is 1. The summed E-state index contributed by atoms with van der Waals surface area (Å²) in [4.78, 5) is 26.9. The highest BCUT2D eigenvalue weighted by Crippen LogP contribution is 2.33. The molecule has 2 atom stereocenters. The van der Waals surface area contributed by atoms with Gasteiger partial charge in [-0.05, 0) is 32.9 Å². The van der Waals surface area contributed by atoms with Crippen LogP contribution in [0.2, 0.25) is 0 Å². The molecule has 0 radical (unpaired) electrons. The van der Waals surface area contributed by atoms with E-state index in [9.17, 15) is 22.8 Å². The van der Waals surface area contributed by atoms with Gasteiger partial charge < -0.3 is 10.2 Å². The summed E-state index contributed by atoms with van der Waals surface area (Å²) in [6.07, 6.45) is -4.60. The van der Waals surface area contributed by atoms with Crippen molar-refractivity contribution in [1.29, 1.82) is 0 Å². The predicted molar refractivity (Wildman–Crippen MR) is 97.5 cm³/mol. The van der Waals surface area contributed by atoms with Crippen molar-refractivity contribution < 1.29 is 18.0 Å². The van der Waals surface area contributed by atoms with Gasteiger partial charge in [0.2, 0.25) is 5.43 Å². The molecule has 3 rings (SSSR count). The first-order valence-electron chi connectivity index (χ1n) is 8.93. The SMILES string of the molecule is Cc1cc(=O)c(C(=O)N2CCNC(C)C2C)nn1-c1ccccc1C(F)(F)F. The van der Waals surface area contributed by atoms with Crippen LogP contribution >= 0.6 is 0 Å². The van der Waals surface area contributed by atoms with E-state index in [-0.39, 0.29) is 29.2 Å². The number of carbonyl (C=O) groups excluding carboxylic acids is 1. The number of rotatable bonds is 2. The molecule has 9 heteroatoms. The number of piperazine rings is 1. The third kappa shape index (κ3) is 3.66. The molecule has 0 saturated carbocycles. The Morgan fingerprint density at radius 2 is 1.93 bits per heavy atom. The summed E-state index contributed by atoms with van der Waals surface area (Å²) in [5.74, 6) is -0.580. The Morgan fingerprint density at radius 3 is 2.61 bits per heavy atom. The zero-order valence-corrected chi connectivity index (χ0v) is 15.7. The Labute approximate surface area is 160 Å². The van der Waals surface area contributed by atoms with E-state index in [0.717, 1.165) is 16.8 Å². The van der Waals surface area contributed by atoms with Crippen molar-refractivity contribution in [3.05, 3.63) is 57.5 Å². The van der Waals surface area contributed by atoms with E-state index in [1.165, 1.54) is 30.0 Å². The minimum absolute atomic E-state index is 0.0244. The van der Waals surface area contributed by atoms with Crippen LogP contribution in [0.4, 0.5) is 13.2 Å². The second-order valence-corrected chi connectivity index (χ2v) is 6.91. The Hall–Kier alpha value is -2.68. The second-order valence-electron chi connectivity index (χ2n) is 6.91. The Kier molecular flexibility index (Phi) is 5.29. The second kappa shape index (κ2) is 7.38. The van der Waals surface area contributed by atoms with Gasteiger partial charge >= 0.3 is 6.18 Å². The fourth-order valence-electron chi connectivity index (χ4n) is 3.32. The number of aromatic nitrogens is 2. The number of nitrogens with zero attached hydrogens (tertiary/aromatic N) is 3. The highest BCUT2D eigenvalue weighted by Gasteiger charge is 2.35. The molecule has 1 fully saturated rings. The van der Waals surface area contributed by atoms with Gasteiger partial charge in [0.1, 0.15) is 0 Å². The molecule has 1 amide bonds. The minimum Gasteiger partial charge on any atom is -0.332 e. The van der Waals surface area contributed by atoms with Crippen LogP contribution in [0.5, 0.6) is 0 Å². The Bertz CT molecular complexity index is 955. The molecular formula is C19H21F3N4O2. The van der Waals surface area contributed by atoms with E-state index in [2.05, 4.69) is 10.4 Å². The molecule has 150 valence electrons. The van der Waals surface area contributed by atoms with Gasteiger partial charge in [-0.15, -0.1) is 0 Å². The van der Waals surface area contributed by atoms with Gasteiger partial charge in [-0.1, -0.05) is 12.1 Å². The molecule has 6 nitrogen and oxygen atoms in total. The summed E-state index contributed by atoms with van der Waals surface area (Å²) in [6.45, 7) is 6.20. The molecular weight excluding hydrogens is 373 g/mol. The minimum atomic E-state index is -4.60. The van der Waals surface area contributed by atoms with Crippen molar-refractivity contribution >= 4 is 5.91 Å². The first-order valence-corrected chi connectivity index (χ1v) is 8.93. The van der Waals surface area contributed by atoms with Gasteiger partial charge in [-0.3, -0.25) is 9.59 Å². The molecule has 1 aromatic carbocycles. The van der Waals surface area contributed by atoms with Crippen LogP contribution in [0.15, 0.2) is 35.1 Å². The molecule has 2 heterocycles. The molecule has 2 unspecified atom stereocenters. The van der Waals surface area contributed by atoms with Crippen molar-refractivity contribution in [2.45, 2.75) is 39.0 Å². The van der Waals surface area contributed by atoms with Gasteiger partial charge in [-0.25, -0.2) is 4.68 Å². The van der Waals surface area contributed by atoms with Crippen LogP contribution < -0.4 is 10.7 Å². The summed E-state index contributed by atoms with van der Waals surface area (Å²) in [5.41, 5.74) is -1.91. The Morgan fingerprint density at radius 1 is 1.25 bits per heavy atom. The largest absolute Gasteiger partial charge is 0.418 e. The topological polar surface area (TPSA) is 67.2 Å². The number of aryl methyl sites for hydroxylation is 1. The lowest BCUT2D eigenvalue weighted by molar-refractivity contribution is -0.137. The van der Waals surface area contributed by atoms with Gasteiger partial charge in [0.15, 0.2) is 5.69 Å². The highest BCUT2D eigenvalue weighted by atomic mass is 19.4. The molecule has 1 aliphatic rings.